The molecule has 312 valence electrons. The van der Waals surface area contributed by atoms with Crippen molar-refractivity contribution in [2.24, 2.45) is 0 Å². The van der Waals surface area contributed by atoms with Crippen molar-refractivity contribution >= 4 is 53.4 Å². The maximum absolute atomic E-state index is 6.95. The first-order valence-electron chi connectivity index (χ1n) is 21.8. The van der Waals surface area contributed by atoms with Gasteiger partial charge >= 0.3 is 0 Å². The highest BCUT2D eigenvalue weighted by molar-refractivity contribution is 7.25. The zero-order valence-corrected chi connectivity index (χ0v) is 36.5. The van der Waals surface area contributed by atoms with Crippen molar-refractivity contribution in [2.75, 3.05) is 0 Å². The minimum atomic E-state index is -0.709. The SMILES string of the molecule is CC1(C)Oc2cc(-c3nc(-c4ccc5sc6ccccc6c5c4)nc(-c4cccc5c4oc4ccccc45)n3)ccc2-c2ccc(-c3nc(-c4ccccc4)nc(-c4ccccc4)n3)cc21. The van der Waals surface area contributed by atoms with E-state index in [4.69, 9.17) is 39.1 Å². The van der Waals surface area contributed by atoms with Crippen LogP contribution in [0.15, 0.2) is 186 Å². The van der Waals surface area contributed by atoms with Crippen LogP contribution in [0, 0.1) is 0 Å². The van der Waals surface area contributed by atoms with Crippen molar-refractivity contribution in [3.05, 3.63) is 188 Å². The number of hydrogen-bond acceptors (Lipinski definition) is 9. The Balaban J connectivity index is 0.938. The predicted molar refractivity (Wildman–Crippen MR) is 265 cm³/mol. The second kappa shape index (κ2) is 14.8. The first kappa shape index (κ1) is 38.1. The van der Waals surface area contributed by atoms with Crippen LogP contribution in [0.1, 0.15) is 19.4 Å². The van der Waals surface area contributed by atoms with Crippen molar-refractivity contribution < 1.29 is 9.15 Å². The molecule has 0 radical (unpaired) electrons. The Morgan fingerprint density at radius 2 is 0.909 bits per heavy atom. The third-order valence-electron chi connectivity index (χ3n) is 12.4. The van der Waals surface area contributed by atoms with Crippen molar-refractivity contribution in [3.63, 3.8) is 0 Å². The van der Waals surface area contributed by atoms with Crippen LogP contribution < -0.4 is 4.74 Å². The lowest BCUT2D eigenvalue weighted by Gasteiger charge is -2.35. The van der Waals surface area contributed by atoms with Crippen LogP contribution in [-0.2, 0) is 5.60 Å². The van der Waals surface area contributed by atoms with Gasteiger partial charge in [0.1, 0.15) is 22.5 Å². The van der Waals surface area contributed by atoms with Gasteiger partial charge in [0.05, 0.1) is 5.56 Å². The Morgan fingerprint density at radius 3 is 1.62 bits per heavy atom. The second-order valence-corrected chi connectivity index (χ2v) is 18.1. The third kappa shape index (κ3) is 6.35. The first-order chi connectivity index (χ1) is 32.4. The van der Waals surface area contributed by atoms with Gasteiger partial charge in [-0.2, -0.15) is 0 Å². The van der Waals surface area contributed by atoms with Gasteiger partial charge in [0.25, 0.3) is 0 Å². The normalized spacial score (nSPS) is 12.9. The molecule has 0 spiro atoms. The van der Waals surface area contributed by atoms with Crippen molar-refractivity contribution in [3.8, 4) is 85.2 Å². The number of thiophene rings is 1. The molecule has 0 saturated carbocycles. The Kier molecular flexibility index (Phi) is 8.56. The molecule has 0 N–H and O–H groups in total. The molecule has 0 amide bonds. The van der Waals surface area contributed by atoms with Crippen molar-refractivity contribution in [1.29, 1.82) is 0 Å². The minimum absolute atomic E-state index is 0.524. The van der Waals surface area contributed by atoms with Crippen molar-refractivity contribution in [2.45, 2.75) is 19.4 Å². The van der Waals surface area contributed by atoms with Gasteiger partial charge < -0.3 is 9.15 Å². The molecule has 12 aromatic rings. The molecule has 0 fully saturated rings. The summed E-state index contributed by atoms with van der Waals surface area (Å²) in [5.74, 6) is 4.19. The largest absolute Gasteiger partial charge is 0.482 e. The number of ether oxygens (including phenoxy) is 1. The summed E-state index contributed by atoms with van der Waals surface area (Å²) in [5, 5.41) is 4.44. The highest BCUT2D eigenvalue weighted by Crippen LogP contribution is 2.48. The number of aromatic nitrogens is 6. The summed E-state index contributed by atoms with van der Waals surface area (Å²) in [6.07, 6.45) is 0. The summed E-state index contributed by atoms with van der Waals surface area (Å²) in [7, 11) is 0. The topological polar surface area (TPSA) is 99.7 Å². The molecule has 4 aromatic heterocycles. The number of nitrogens with zero attached hydrogens (tertiary/aromatic N) is 6. The fraction of sp³-hybridized carbons (Fsp3) is 0.0526. The van der Waals surface area contributed by atoms with Crippen LogP contribution in [0.4, 0.5) is 0 Å². The average molecular weight is 869 g/mol. The molecule has 0 aliphatic carbocycles. The summed E-state index contributed by atoms with van der Waals surface area (Å²) in [6.45, 7) is 4.20. The zero-order valence-electron chi connectivity index (χ0n) is 35.7. The fourth-order valence-corrected chi connectivity index (χ4v) is 10.3. The molecule has 8 aromatic carbocycles. The number of furan rings is 1. The van der Waals surface area contributed by atoms with E-state index in [2.05, 4.69) is 105 Å². The number of benzene rings is 8. The maximum Gasteiger partial charge on any atom is 0.167 e. The zero-order chi connectivity index (χ0) is 43.9. The quantitative estimate of drug-likeness (QED) is 0.163. The summed E-state index contributed by atoms with van der Waals surface area (Å²) in [5.41, 5.74) is 9.13. The molecule has 5 heterocycles. The molecular weight excluding hydrogens is 833 g/mol. The van der Waals surface area contributed by atoms with Crippen molar-refractivity contribution in [1.82, 2.24) is 29.9 Å². The molecule has 8 nitrogen and oxygen atoms in total. The summed E-state index contributed by atoms with van der Waals surface area (Å²) in [6, 6.07) is 61.9. The van der Waals surface area contributed by atoms with Crippen LogP contribution in [0.5, 0.6) is 5.75 Å². The molecule has 0 bridgehead atoms. The summed E-state index contributed by atoms with van der Waals surface area (Å²) >= 11 is 1.79. The Labute approximate surface area is 383 Å². The molecule has 1 aliphatic rings. The van der Waals surface area contributed by atoms with E-state index >= 15 is 0 Å². The van der Waals surface area contributed by atoms with E-state index in [1.807, 2.05) is 91.0 Å². The molecule has 1 aliphatic heterocycles. The van der Waals surface area contributed by atoms with Gasteiger partial charge in [0.2, 0.25) is 0 Å². The average Bonchev–Trinajstić information content (AvgIpc) is 3.94. The number of fused-ring (bicyclic) bond motifs is 9. The van der Waals surface area contributed by atoms with Crippen LogP contribution in [0.25, 0.3) is 122 Å². The van der Waals surface area contributed by atoms with Gasteiger partial charge in [-0.15, -0.1) is 11.3 Å². The van der Waals surface area contributed by atoms with E-state index in [1.165, 1.54) is 20.2 Å². The lowest BCUT2D eigenvalue weighted by molar-refractivity contribution is 0.106. The second-order valence-electron chi connectivity index (χ2n) is 17.0. The van der Waals surface area contributed by atoms with E-state index in [0.717, 1.165) is 77.8 Å². The Hall–Kier alpha value is -8.40. The van der Waals surface area contributed by atoms with Gasteiger partial charge in [-0.1, -0.05) is 127 Å². The van der Waals surface area contributed by atoms with Gasteiger partial charge in [0, 0.05) is 69.9 Å². The monoisotopic (exact) mass is 868 g/mol. The highest BCUT2D eigenvalue weighted by Gasteiger charge is 2.34. The van der Waals surface area contributed by atoms with Crippen LogP contribution in [0.3, 0.4) is 0 Å². The third-order valence-corrected chi connectivity index (χ3v) is 13.6. The molecule has 13 rings (SSSR count). The molecule has 66 heavy (non-hydrogen) atoms. The van der Waals surface area contributed by atoms with Crippen LogP contribution in [0.2, 0.25) is 0 Å². The molecule has 0 saturated heterocycles. The standard InChI is InChI=1S/C57H36N6O2S/c1-57(2)45-31-36(54-59-51(33-14-5-3-6-15-33)58-52(60-54)34-16-7-4-8-17-34)24-27-38(45)40-28-25-37(32-47(40)65-57)55-61-53(35-26-29-49-44(30-35)41-19-10-12-23-48(41)66-49)62-56(63-55)43-21-13-20-42-39-18-9-11-22-46(39)64-50(42)43/h3-32H,1-2H3. The van der Waals surface area contributed by atoms with E-state index in [9.17, 15) is 0 Å². The first-order valence-corrected chi connectivity index (χ1v) is 22.7. The fourth-order valence-electron chi connectivity index (χ4n) is 9.20. The minimum Gasteiger partial charge on any atom is -0.482 e. The molecule has 9 heteroatoms. The number of rotatable bonds is 6. The number of para-hydroxylation sites is 2. The van der Waals surface area contributed by atoms with Crippen LogP contribution in [-0.4, -0.2) is 29.9 Å². The Bertz CT molecular complexity index is 3840. The van der Waals surface area contributed by atoms with Gasteiger partial charge in [-0.3, -0.25) is 0 Å². The van der Waals surface area contributed by atoms with E-state index in [0.29, 0.717) is 34.9 Å². The smallest absolute Gasteiger partial charge is 0.167 e. The van der Waals surface area contributed by atoms with Gasteiger partial charge in [0.15, 0.2) is 34.9 Å². The lowest BCUT2D eigenvalue weighted by atomic mass is 9.84. The predicted octanol–water partition coefficient (Wildman–Crippen LogP) is 14.6. The summed E-state index contributed by atoms with van der Waals surface area (Å²) in [4.78, 5) is 30.5. The number of hydrogen-bond donors (Lipinski definition) is 0. The van der Waals surface area contributed by atoms with E-state index in [-0.39, 0.29) is 0 Å². The molecule has 0 unspecified atom stereocenters. The van der Waals surface area contributed by atoms with E-state index in [1.54, 1.807) is 11.3 Å². The highest BCUT2D eigenvalue weighted by atomic mass is 32.1. The van der Waals surface area contributed by atoms with E-state index < -0.39 is 5.60 Å². The summed E-state index contributed by atoms with van der Waals surface area (Å²) < 4.78 is 15.9. The van der Waals surface area contributed by atoms with Gasteiger partial charge in [-0.25, -0.2) is 29.9 Å². The lowest BCUT2D eigenvalue weighted by Crippen LogP contribution is -2.29. The maximum atomic E-state index is 6.95. The Morgan fingerprint density at radius 1 is 0.379 bits per heavy atom. The molecular formula is C57H36N6O2S. The molecule has 0 atom stereocenters. The van der Waals surface area contributed by atoms with Crippen LogP contribution >= 0.6 is 11.3 Å². The van der Waals surface area contributed by atoms with Gasteiger partial charge in [-0.05, 0) is 74.0 Å².